The summed E-state index contributed by atoms with van der Waals surface area (Å²) in [6.45, 7) is 4.58. The van der Waals surface area contributed by atoms with E-state index in [2.05, 4.69) is 34.2 Å². The molecule has 0 aliphatic rings. The van der Waals surface area contributed by atoms with Crippen LogP contribution in [0.1, 0.15) is 16.7 Å². The van der Waals surface area contributed by atoms with Crippen molar-refractivity contribution in [2.75, 3.05) is 5.32 Å². The Morgan fingerprint density at radius 3 is 2.61 bits per heavy atom. The second-order valence-electron chi connectivity index (χ2n) is 4.40. The fourth-order valence-electron chi connectivity index (χ4n) is 1.81. The molecule has 0 amide bonds. The van der Waals surface area contributed by atoms with Crippen LogP contribution >= 0.6 is 15.9 Å². The minimum atomic E-state index is 0.374. The average molecular weight is 306 g/mol. The summed E-state index contributed by atoms with van der Waals surface area (Å²) in [7, 11) is 0. The van der Waals surface area contributed by atoms with Crippen LogP contribution in [-0.2, 0) is 6.54 Å². The van der Waals surface area contributed by atoms with Gasteiger partial charge in [0.1, 0.15) is 5.75 Å². The van der Waals surface area contributed by atoms with Gasteiger partial charge in [0.25, 0.3) is 0 Å². The molecule has 0 aromatic heterocycles. The van der Waals surface area contributed by atoms with E-state index in [1.807, 2.05) is 37.3 Å². The van der Waals surface area contributed by atoms with Crippen LogP contribution in [0.5, 0.6) is 5.75 Å². The first kappa shape index (κ1) is 13.0. The van der Waals surface area contributed by atoms with Crippen LogP contribution in [0, 0.1) is 13.8 Å². The predicted molar refractivity (Wildman–Crippen MR) is 79.0 cm³/mol. The largest absolute Gasteiger partial charge is 0.507 e. The molecule has 0 saturated heterocycles. The quantitative estimate of drug-likeness (QED) is 0.882. The van der Waals surface area contributed by atoms with Crippen LogP contribution in [0.4, 0.5) is 5.69 Å². The predicted octanol–water partition coefficient (Wildman–Crippen LogP) is 4.38. The molecule has 2 nitrogen and oxygen atoms in total. The Morgan fingerprint density at radius 2 is 1.89 bits per heavy atom. The van der Waals surface area contributed by atoms with Gasteiger partial charge in [0.2, 0.25) is 0 Å². The van der Waals surface area contributed by atoms with Crippen LogP contribution in [0.3, 0.4) is 0 Å². The van der Waals surface area contributed by atoms with Gasteiger partial charge in [-0.05, 0) is 43.2 Å². The summed E-state index contributed by atoms with van der Waals surface area (Å²) in [6.07, 6.45) is 0. The molecule has 0 aliphatic carbocycles. The van der Waals surface area contributed by atoms with Gasteiger partial charge in [-0.25, -0.2) is 0 Å². The zero-order valence-electron chi connectivity index (χ0n) is 10.5. The standard InChI is InChI=1S/C15H16BrNO/c1-10-4-3-5-12(15(10)18)9-17-13-6-7-14(16)11(2)8-13/h3-8,17-18H,9H2,1-2H3. The van der Waals surface area contributed by atoms with Crippen molar-refractivity contribution < 1.29 is 5.11 Å². The molecule has 2 aromatic rings. The van der Waals surface area contributed by atoms with Gasteiger partial charge in [0.15, 0.2) is 0 Å². The fraction of sp³-hybridized carbons (Fsp3) is 0.200. The second-order valence-corrected chi connectivity index (χ2v) is 5.25. The van der Waals surface area contributed by atoms with Gasteiger partial charge in [0.05, 0.1) is 0 Å². The number of rotatable bonds is 3. The van der Waals surface area contributed by atoms with Crippen LogP contribution in [0.15, 0.2) is 40.9 Å². The van der Waals surface area contributed by atoms with Crippen LogP contribution in [-0.4, -0.2) is 5.11 Å². The van der Waals surface area contributed by atoms with Crippen LogP contribution in [0.2, 0.25) is 0 Å². The first-order valence-electron chi connectivity index (χ1n) is 5.85. The number of aromatic hydroxyl groups is 1. The molecule has 0 aliphatic heterocycles. The third-order valence-corrected chi connectivity index (χ3v) is 3.85. The number of nitrogens with one attached hydrogen (secondary N) is 1. The molecule has 0 heterocycles. The molecular formula is C15H16BrNO. The van der Waals surface area contributed by atoms with E-state index in [-0.39, 0.29) is 0 Å². The molecule has 0 unspecified atom stereocenters. The second kappa shape index (κ2) is 5.44. The minimum Gasteiger partial charge on any atom is -0.507 e. The Balaban J connectivity index is 2.11. The third-order valence-electron chi connectivity index (χ3n) is 2.96. The van der Waals surface area contributed by atoms with E-state index in [1.165, 1.54) is 5.56 Å². The summed E-state index contributed by atoms with van der Waals surface area (Å²) in [5.41, 5.74) is 4.06. The highest BCUT2D eigenvalue weighted by atomic mass is 79.9. The normalized spacial score (nSPS) is 10.4. The summed E-state index contributed by atoms with van der Waals surface area (Å²) in [6, 6.07) is 11.9. The van der Waals surface area contributed by atoms with Crippen molar-refractivity contribution >= 4 is 21.6 Å². The lowest BCUT2D eigenvalue weighted by atomic mass is 10.1. The summed E-state index contributed by atoms with van der Waals surface area (Å²) < 4.78 is 1.10. The third kappa shape index (κ3) is 2.85. The molecular weight excluding hydrogens is 290 g/mol. The Morgan fingerprint density at radius 1 is 1.11 bits per heavy atom. The van der Waals surface area contributed by atoms with Crippen LogP contribution in [0.25, 0.3) is 0 Å². The molecule has 18 heavy (non-hydrogen) atoms. The highest BCUT2D eigenvalue weighted by molar-refractivity contribution is 9.10. The van der Waals surface area contributed by atoms with Gasteiger partial charge < -0.3 is 10.4 Å². The van der Waals surface area contributed by atoms with Gasteiger partial charge in [-0.1, -0.05) is 34.1 Å². The number of halogens is 1. The monoisotopic (exact) mass is 305 g/mol. The number of benzene rings is 2. The van der Waals surface area contributed by atoms with Gasteiger partial charge >= 0.3 is 0 Å². The molecule has 0 saturated carbocycles. The smallest absolute Gasteiger partial charge is 0.123 e. The molecule has 0 spiro atoms. The van der Waals surface area contributed by atoms with Crippen molar-refractivity contribution in [3.8, 4) is 5.75 Å². The van der Waals surface area contributed by atoms with E-state index in [4.69, 9.17) is 0 Å². The number of aryl methyl sites for hydroxylation is 2. The highest BCUT2D eigenvalue weighted by Crippen LogP contribution is 2.24. The lowest BCUT2D eigenvalue weighted by Crippen LogP contribution is -2.00. The summed E-state index contributed by atoms with van der Waals surface area (Å²) in [5.74, 6) is 0.374. The zero-order chi connectivity index (χ0) is 13.1. The lowest BCUT2D eigenvalue weighted by Gasteiger charge is -2.10. The SMILES string of the molecule is Cc1cc(NCc2cccc(C)c2O)ccc1Br. The summed E-state index contributed by atoms with van der Waals surface area (Å²) in [4.78, 5) is 0. The molecule has 94 valence electrons. The Labute approximate surface area is 116 Å². The van der Waals surface area contributed by atoms with Crippen molar-refractivity contribution in [3.05, 3.63) is 57.6 Å². The summed E-state index contributed by atoms with van der Waals surface area (Å²) >= 11 is 3.48. The maximum atomic E-state index is 9.93. The van der Waals surface area contributed by atoms with Gasteiger partial charge in [0, 0.05) is 22.3 Å². The molecule has 0 bridgehead atoms. The van der Waals surface area contributed by atoms with Gasteiger partial charge in [-0.3, -0.25) is 0 Å². The number of hydrogen-bond acceptors (Lipinski definition) is 2. The first-order chi connectivity index (χ1) is 8.58. The molecule has 3 heteroatoms. The molecule has 2 rings (SSSR count). The van der Waals surface area contributed by atoms with Gasteiger partial charge in [-0.15, -0.1) is 0 Å². The van der Waals surface area contributed by atoms with E-state index in [0.717, 1.165) is 21.3 Å². The van der Waals surface area contributed by atoms with E-state index in [9.17, 15) is 5.11 Å². The highest BCUT2D eigenvalue weighted by Gasteiger charge is 2.03. The Kier molecular flexibility index (Phi) is 3.92. The van der Waals surface area contributed by atoms with E-state index >= 15 is 0 Å². The van der Waals surface area contributed by atoms with Crippen molar-refractivity contribution in [3.63, 3.8) is 0 Å². The van der Waals surface area contributed by atoms with E-state index in [0.29, 0.717) is 12.3 Å². The lowest BCUT2D eigenvalue weighted by molar-refractivity contribution is 0.465. The molecule has 0 atom stereocenters. The molecule has 2 N–H and O–H groups in total. The molecule has 0 fully saturated rings. The van der Waals surface area contributed by atoms with Gasteiger partial charge in [-0.2, -0.15) is 0 Å². The molecule has 0 radical (unpaired) electrons. The van der Waals surface area contributed by atoms with E-state index < -0.39 is 0 Å². The number of phenols is 1. The van der Waals surface area contributed by atoms with Crippen molar-refractivity contribution in [1.29, 1.82) is 0 Å². The topological polar surface area (TPSA) is 32.3 Å². The van der Waals surface area contributed by atoms with Crippen molar-refractivity contribution in [2.45, 2.75) is 20.4 Å². The Bertz CT molecular complexity index is 566. The average Bonchev–Trinajstić information content (AvgIpc) is 2.35. The zero-order valence-corrected chi connectivity index (χ0v) is 12.1. The van der Waals surface area contributed by atoms with Crippen LogP contribution < -0.4 is 5.32 Å². The van der Waals surface area contributed by atoms with Crippen molar-refractivity contribution in [1.82, 2.24) is 0 Å². The summed E-state index contributed by atoms with van der Waals surface area (Å²) in [5, 5.41) is 13.2. The van der Waals surface area contributed by atoms with Crippen molar-refractivity contribution in [2.24, 2.45) is 0 Å². The number of hydrogen-bond donors (Lipinski definition) is 2. The number of phenolic OH excluding ortho intramolecular Hbond substituents is 1. The number of para-hydroxylation sites is 1. The molecule has 2 aromatic carbocycles. The number of anilines is 1. The minimum absolute atomic E-state index is 0.374. The maximum absolute atomic E-state index is 9.93. The van der Waals surface area contributed by atoms with E-state index in [1.54, 1.807) is 0 Å². The fourth-order valence-corrected chi connectivity index (χ4v) is 2.06. The first-order valence-corrected chi connectivity index (χ1v) is 6.64. The Hall–Kier alpha value is -1.48. The maximum Gasteiger partial charge on any atom is 0.123 e.